The van der Waals surface area contributed by atoms with Crippen LogP contribution in [0.3, 0.4) is 0 Å². The van der Waals surface area contributed by atoms with E-state index in [9.17, 15) is 21.6 Å². The van der Waals surface area contributed by atoms with E-state index in [4.69, 9.17) is 5.14 Å². The number of benzene rings is 2. The molecule has 1 heterocycles. The number of sulfonamides is 2. The first-order valence-electron chi connectivity index (χ1n) is 8.33. The van der Waals surface area contributed by atoms with Gasteiger partial charge in [-0.15, -0.1) is 11.8 Å². The fourth-order valence-electron chi connectivity index (χ4n) is 2.63. The van der Waals surface area contributed by atoms with Gasteiger partial charge in [0.1, 0.15) is 0 Å². The Morgan fingerprint density at radius 3 is 2.39 bits per heavy atom. The van der Waals surface area contributed by atoms with Gasteiger partial charge in [-0.25, -0.2) is 26.7 Å². The van der Waals surface area contributed by atoms with E-state index < -0.39 is 20.0 Å². The molecule has 4 N–H and O–H groups in total. The number of thioether (sulfide) groups is 1. The molecule has 3 rings (SSSR count). The topological polar surface area (TPSA) is 135 Å². The molecule has 0 saturated carbocycles. The van der Waals surface area contributed by atoms with Crippen LogP contribution in [0.1, 0.15) is 12.0 Å². The molecule has 0 spiro atoms. The zero-order chi connectivity index (χ0) is 20.4. The maximum Gasteiger partial charge on any atom is 0.240 e. The average molecular weight is 442 g/mol. The maximum atomic E-state index is 12.5. The van der Waals surface area contributed by atoms with Crippen molar-refractivity contribution < 1.29 is 21.6 Å². The molecule has 1 amide bonds. The van der Waals surface area contributed by atoms with Crippen molar-refractivity contribution in [1.29, 1.82) is 0 Å². The molecule has 0 aliphatic carbocycles. The average Bonchev–Trinajstić information content (AvgIpc) is 2.81. The first-order valence-corrected chi connectivity index (χ1v) is 12.3. The molecule has 0 unspecified atom stereocenters. The molecule has 2 aromatic rings. The Morgan fingerprint density at radius 1 is 1.04 bits per heavy atom. The van der Waals surface area contributed by atoms with Crippen LogP contribution in [0.5, 0.6) is 0 Å². The van der Waals surface area contributed by atoms with Crippen LogP contribution in [0.25, 0.3) is 0 Å². The van der Waals surface area contributed by atoms with Crippen molar-refractivity contribution in [2.75, 3.05) is 17.6 Å². The smallest absolute Gasteiger partial charge is 0.240 e. The summed E-state index contributed by atoms with van der Waals surface area (Å²) in [7, 11) is -7.51. The molecule has 1 aliphatic rings. The van der Waals surface area contributed by atoms with Gasteiger partial charge >= 0.3 is 0 Å². The third-order valence-corrected chi connectivity index (χ3v) is 7.54. The second-order valence-corrected chi connectivity index (χ2v) is 10.6. The largest absolute Gasteiger partial charge is 0.325 e. The monoisotopic (exact) mass is 441 g/mol. The first kappa shape index (κ1) is 20.8. The van der Waals surface area contributed by atoms with Gasteiger partial charge in [0, 0.05) is 23.6 Å². The van der Waals surface area contributed by atoms with Crippen LogP contribution < -0.4 is 15.2 Å². The Balaban J connectivity index is 1.66. The molecule has 28 heavy (non-hydrogen) atoms. The van der Waals surface area contributed by atoms with Crippen molar-refractivity contribution in [1.82, 2.24) is 4.72 Å². The number of hydrogen-bond donors (Lipinski definition) is 3. The number of nitrogens with one attached hydrogen (secondary N) is 2. The van der Waals surface area contributed by atoms with Crippen molar-refractivity contribution in [3.63, 3.8) is 0 Å². The number of amides is 1. The quantitative estimate of drug-likeness (QED) is 0.618. The van der Waals surface area contributed by atoms with Gasteiger partial charge in [-0.2, -0.15) is 0 Å². The van der Waals surface area contributed by atoms with Crippen LogP contribution >= 0.6 is 11.8 Å². The van der Waals surface area contributed by atoms with Crippen LogP contribution in [0.2, 0.25) is 0 Å². The molecule has 0 fully saturated rings. The number of primary sulfonamides is 1. The summed E-state index contributed by atoms with van der Waals surface area (Å²) in [5, 5.41) is 7.77. The van der Waals surface area contributed by atoms with Gasteiger partial charge in [-0.05, 0) is 42.3 Å². The van der Waals surface area contributed by atoms with E-state index in [0.29, 0.717) is 24.3 Å². The Morgan fingerprint density at radius 2 is 1.71 bits per heavy atom. The summed E-state index contributed by atoms with van der Waals surface area (Å²) in [5.74, 6) is 0.504. The summed E-state index contributed by atoms with van der Waals surface area (Å²) in [4.78, 5) is 12.6. The SMILES string of the molecule is NS(=O)(=O)c1ccc(CCNS(=O)(=O)c2ccc3c(c2)NC(=O)CCS3)cc1. The van der Waals surface area contributed by atoms with Crippen LogP contribution in [0.4, 0.5) is 5.69 Å². The van der Waals surface area contributed by atoms with E-state index in [0.717, 1.165) is 10.5 Å². The van der Waals surface area contributed by atoms with Crippen molar-refractivity contribution in [2.45, 2.75) is 27.5 Å². The highest BCUT2D eigenvalue weighted by Gasteiger charge is 2.19. The Bertz CT molecular complexity index is 1100. The number of carbonyl (C=O) groups excluding carboxylic acids is 1. The first-order chi connectivity index (χ1) is 13.1. The third kappa shape index (κ3) is 5.11. The van der Waals surface area contributed by atoms with E-state index in [1.54, 1.807) is 18.2 Å². The lowest BCUT2D eigenvalue weighted by Gasteiger charge is -2.11. The molecular weight excluding hydrogens is 422 g/mol. The van der Waals surface area contributed by atoms with Gasteiger partial charge in [0.05, 0.1) is 15.5 Å². The molecule has 8 nitrogen and oxygen atoms in total. The van der Waals surface area contributed by atoms with Gasteiger partial charge in [0.2, 0.25) is 26.0 Å². The number of carbonyl (C=O) groups is 1. The normalized spacial score (nSPS) is 14.8. The van der Waals surface area contributed by atoms with Crippen molar-refractivity contribution in [2.24, 2.45) is 5.14 Å². The predicted molar refractivity (Wildman–Crippen MR) is 107 cm³/mol. The van der Waals surface area contributed by atoms with E-state index in [1.165, 1.54) is 36.0 Å². The van der Waals surface area contributed by atoms with E-state index in [2.05, 4.69) is 10.0 Å². The number of anilines is 1. The van der Waals surface area contributed by atoms with Crippen LogP contribution in [-0.4, -0.2) is 35.0 Å². The molecule has 1 aliphatic heterocycles. The van der Waals surface area contributed by atoms with Gasteiger partial charge in [0.15, 0.2) is 0 Å². The highest BCUT2D eigenvalue weighted by Crippen LogP contribution is 2.32. The summed E-state index contributed by atoms with van der Waals surface area (Å²) < 4.78 is 50.1. The number of rotatable bonds is 6. The predicted octanol–water partition coefficient (Wildman–Crippen LogP) is 1.29. The van der Waals surface area contributed by atoms with E-state index >= 15 is 0 Å². The standard InChI is InChI=1S/C17H19N3O5S3/c18-27(22,23)13-3-1-12(2-4-13)7-9-19-28(24,25)14-5-6-16-15(11-14)20-17(21)8-10-26-16/h1-6,11,19H,7-10H2,(H,20,21)(H2,18,22,23). The van der Waals surface area contributed by atoms with Gasteiger partial charge in [0.25, 0.3) is 0 Å². The molecule has 0 atom stereocenters. The van der Waals surface area contributed by atoms with Crippen molar-refractivity contribution in [3.8, 4) is 0 Å². The second kappa shape index (κ2) is 8.21. The lowest BCUT2D eigenvalue weighted by molar-refractivity contribution is -0.115. The van der Waals surface area contributed by atoms with E-state index in [1.807, 2.05) is 0 Å². The van der Waals surface area contributed by atoms with Gasteiger partial charge in [-0.1, -0.05) is 12.1 Å². The minimum absolute atomic E-state index is 0.00160. The fraction of sp³-hybridized carbons (Fsp3) is 0.235. The highest BCUT2D eigenvalue weighted by molar-refractivity contribution is 7.99. The molecule has 0 saturated heterocycles. The lowest BCUT2D eigenvalue weighted by Crippen LogP contribution is -2.26. The lowest BCUT2D eigenvalue weighted by atomic mass is 10.2. The Labute approximate surface area is 168 Å². The van der Waals surface area contributed by atoms with Crippen LogP contribution in [-0.2, 0) is 31.3 Å². The summed E-state index contributed by atoms with van der Waals surface area (Å²) in [6.45, 7) is 0.134. The number of hydrogen-bond acceptors (Lipinski definition) is 6. The minimum atomic E-state index is -3.76. The molecule has 0 radical (unpaired) electrons. The summed E-state index contributed by atoms with van der Waals surface area (Å²) in [6, 6.07) is 10.6. The summed E-state index contributed by atoms with van der Waals surface area (Å²) in [6.07, 6.45) is 0.756. The fourth-order valence-corrected chi connectivity index (χ4v) is 5.14. The number of nitrogens with two attached hydrogens (primary N) is 1. The van der Waals surface area contributed by atoms with Crippen molar-refractivity contribution in [3.05, 3.63) is 48.0 Å². The molecular formula is C17H19N3O5S3. The molecule has 0 bridgehead atoms. The molecule has 150 valence electrons. The minimum Gasteiger partial charge on any atom is -0.325 e. The van der Waals surface area contributed by atoms with Gasteiger partial charge in [-0.3, -0.25) is 4.79 Å². The van der Waals surface area contributed by atoms with E-state index in [-0.39, 0.29) is 22.2 Å². The third-order valence-electron chi connectivity index (χ3n) is 4.08. The Hall–Kier alpha value is -1.92. The zero-order valence-corrected chi connectivity index (χ0v) is 17.2. The second-order valence-electron chi connectivity index (χ2n) is 6.14. The van der Waals surface area contributed by atoms with Crippen LogP contribution in [0.15, 0.2) is 57.2 Å². The highest BCUT2D eigenvalue weighted by atomic mass is 32.2. The number of fused-ring (bicyclic) bond motifs is 1. The van der Waals surface area contributed by atoms with Crippen molar-refractivity contribution >= 4 is 43.4 Å². The molecule has 0 aromatic heterocycles. The summed E-state index contributed by atoms with van der Waals surface area (Å²) in [5.41, 5.74) is 1.26. The van der Waals surface area contributed by atoms with Crippen LogP contribution in [0, 0.1) is 0 Å². The van der Waals surface area contributed by atoms with Gasteiger partial charge < -0.3 is 5.32 Å². The zero-order valence-electron chi connectivity index (χ0n) is 14.7. The maximum absolute atomic E-state index is 12.5. The Kier molecular flexibility index (Phi) is 6.10. The summed E-state index contributed by atoms with van der Waals surface area (Å²) >= 11 is 1.50. The molecule has 11 heteroatoms. The molecule has 2 aromatic carbocycles.